The maximum Gasteiger partial charge on any atom is 0.328 e. The van der Waals surface area contributed by atoms with Gasteiger partial charge in [0.2, 0.25) is 0 Å². The molecule has 45 heavy (non-hydrogen) atoms. The number of ketones is 1. The highest BCUT2D eigenvalue weighted by atomic mass is 16.5. The van der Waals surface area contributed by atoms with Gasteiger partial charge in [0.25, 0.3) is 0 Å². The molecule has 5 aromatic rings. The average molecular weight is 595 g/mol. The normalized spacial score (nSPS) is 12.3. The zero-order valence-electron chi connectivity index (χ0n) is 25.1. The first-order valence-electron chi connectivity index (χ1n) is 15.0. The van der Waals surface area contributed by atoms with Crippen molar-refractivity contribution in [2.75, 3.05) is 30.5 Å². The van der Waals surface area contributed by atoms with Crippen molar-refractivity contribution in [3.8, 4) is 16.9 Å². The molecule has 0 radical (unpaired) electrons. The molecule has 0 fully saturated rings. The van der Waals surface area contributed by atoms with E-state index in [-0.39, 0.29) is 5.78 Å². The second-order valence-corrected chi connectivity index (χ2v) is 10.8. The van der Waals surface area contributed by atoms with Crippen LogP contribution in [0.5, 0.6) is 5.75 Å². The molecule has 0 saturated carbocycles. The fraction of sp³-hybridized carbons (Fsp3) is 0.128. The van der Waals surface area contributed by atoms with Crippen LogP contribution in [0.2, 0.25) is 0 Å². The summed E-state index contributed by atoms with van der Waals surface area (Å²) in [4.78, 5) is 28.3. The van der Waals surface area contributed by atoms with E-state index in [1.807, 2.05) is 54.6 Å². The van der Waals surface area contributed by atoms with Crippen LogP contribution in [0.1, 0.15) is 27.0 Å². The third kappa shape index (κ3) is 6.81. The molecule has 6 heteroatoms. The highest BCUT2D eigenvalue weighted by Crippen LogP contribution is 2.36. The first-order chi connectivity index (χ1) is 22.1. The Morgan fingerprint density at radius 3 is 2.24 bits per heavy atom. The Balaban J connectivity index is 1.10. The summed E-state index contributed by atoms with van der Waals surface area (Å²) in [6.07, 6.45) is 4.63. The predicted octanol–water partition coefficient (Wildman–Crippen LogP) is 7.65. The molecule has 224 valence electrons. The van der Waals surface area contributed by atoms with Crippen LogP contribution in [0, 0.1) is 0 Å². The second-order valence-electron chi connectivity index (χ2n) is 10.8. The zero-order chi connectivity index (χ0) is 31.0. The second kappa shape index (κ2) is 13.8. The monoisotopic (exact) mass is 594 g/mol. The summed E-state index contributed by atoms with van der Waals surface area (Å²) in [6, 6.07) is 40.2. The summed E-state index contributed by atoms with van der Waals surface area (Å²) in [5, 5.41) is 3.26. The Kier molecular flexibility index (Phi) is 9.02. The first-order valence-corrected chi connectivity index (χ1v) is 15.0. The van der Waals surface area contributed by atoms with Gasteiger partial charge in [0.05, 0.1) is 13.7 Å². The van der Waals surface area contributed by atoms with Crippen molar-refractivity contribution < 1.29 is 19.1 Å². The van der Waals surface area contributed by atoms with Crippen LogP contribution < -0.4 is 15.0 Å². The topological polar surface area (TPSA) is 67.9 Å². The lowest BCUT2D eigenvalue weighted by Crippen LogP contribution is -2.33. The van der Waals surface area contributed by atoms with E-state index in [0.717, 1.165) is 17.0 Å². The number of benzene rings is 5. The largest absolute Gasteiger partial charge is 0.492 e. The van der Waals surface area contributed by atoms with Gasteiger partial charge in [-0.15, -0.1) is 0 Å². The summed E-state index contributed by atoms with van der Waals surface area (Å²) < 4.78 is 11.2. The number of methoxy groups -OCH3 is 1. The lowest BCUT2D eigenvalue weighted by atomic mass is 9.99. The third-order valence-electron chi connectivity index (χ3n) is 7.89. The number of nitrogens with one attached hydrogen (secondary N) is 1. The molecule has 1 aliphatic heterocycles. The smallest absolute Gasteiger partial charge is 0.328 e. The summed E-state index contributed by atoms with van der Waals surface area (Å²) in [5.74, 6) is 0.216. The minimum Gasteiger partial charge on any atom is -0.492 e. The molecule has 1 atom stereocenters. The van der Waals surface area contributed by atoms with E-state index in [1.54, 1.807) is 24.3 Å². The van der Waals surface area contributed by atoms with E-state index in [2.05, 4.69) is 71.0 Å². The van der Waals surface area contributed by atoms with Gasteiger partial charge in [-0.25, -0.2) is 4.79 Å². The van der Waals surface area contributed by atoms with Gasteiger partial charge >= 0.3 is 5.97 Å². The number of anilines is 2. The quantitative estimate of drug-likeness (QED) is 0.125. The number of nitrogens with zero attached hydrogens (tertiary/aromatic N) is 1. The van der Waals surface area contributed by atoms with Crippen molar-refractivity contribution in [3.63, 3.8) is 0 Å². The Labute approximate surface area is 263 Å². The molecule has 6 rings (SSSR count). The number of ether oxygens (including phenoxy) is 2. The van der Waals surface area contributed by atoms with Crippen LogP contribution in [0.4, 0.5) is 11.4 Å². The molecule has 0 aromatic heterocycles. The van der Waals surface area contributed by atoms with Gasteiger partial charge in [-0.1, -0.05) is 97.1 Å². The standard InChI is InChI=1S/C39H34N2O4/c1-44-39(43)36(40-35-17-9-7-16-34(35)38(42)30-12-3-2-4-13-30)27-28-19-21-31(22-20-28)45-26-25-41-24-23-29-11-5-6-14-32(29)33-15-8-10-18-37(33)41/h2-24,36,40H,25-27H2,1H3/t36-/m0/s1. The van der Waals surface area contributed by atoms with Crippen molar-refractivity contribution in [3.05, 3.63) is 156 Å². The molecule has 5 aromatic carbocycles. The van der Waals surface area contributed by atoms with Crippen molar-refractivity contribution in [1.29, 1.82) is 0 Å². The molecule has 0 saturated heterocycles. The van der Waals surface area contributed by atoms with Crippen molar-refractivity contribution in [2.24, 2.45) is 0 Å². The minimum atomic E-state index is -0.689. The van der Waals surface area contributed by atoms with Crippen molar-refractivity contribution in [1.82, 2.24) is 0 Å². The fourth-order valence-electron chi connectivity index (χ4n) is 5.58. The summed E-state index contributed by atoms with van der Waals surface area (Å²) in [5.41, 5.74) is 7.33. The van der Waals surface area contributed by atoms with Crippen molar-refractivity contribution >= 4 is 29.2 Å². The molecule has 0 bridgehead atoms. The molecule has 0 spiro atoms. The number of fused-ring (bicyclic) bond motifs is 3. The van der Waals surface area contributed by atoms with E-state index in [9.17, 15) is 9.59 Å². The first kappa shape index (κ1) is 29.5. The minimum absolute atomic E-state index is 0.118. The number of rotatable bonds is 11. The summed E-state index contributed by atoms with van der Waals surface area (Å²) >= 11 is 0. The molecule has 0 amide bonds. The van der Waals surface area contributed by atoms with Crippen LogP contribution in [-0.4, -0.2) is 38.1 Å². The maximum atomic E-state index is 13.2. The molecular formula is C39H34N2O4. The van der Waals surface area contributed by atoms with Gasteiger partial charge in [0.1, 0.15) is 18.4 Å². The summed E-state index contributed by atoms with van der Waals surface area (Å²) in [7, 11) is 1.37. The van der Waals surface area contributed by atoms with Crippen LogP contribution >= 0.6 is 0 Å². The Hall–Kier alpha value is -5.62. The molecule has 0 unspecified atom stereocenters. The van der Waals surface area contributed by atoms with Crippen LogP contribution in [-0.2, 0) is 16.0 Å². The van der Waals surface area contributed by atoms with E-state index in [0.29, 0.717) is 36.4 Å². The molecule has 6 nitrogen and oxygen atoms in total. The van der Waals surface area contributed by atoms with Gasteiger partial charge in [0, 0.05) is 40.7 Å². The summed E-state index contributed by atoms with van der Waals surface area (Å²) in [6.45, 7) is 1.17. The van der Waals surface area contributed by atoms with Crippen LogP contribution in [0.3, 0.4) is 0 Å². The highest BCUT2D eigenvalue weighted by molar-refractivity contribution is 6.12. The van der Waals surface area contributed by atoms with E-state index < -0.39 is 12.0 Å². The number of para-hydroxylation sites is 2. The molecule has 1 aliphatic rings. The molecular weight excluding hydrogens is 560 g/mol. The molecule has 1 N–H and O–H groups in total. The van der Waals surface area contributed by atoms with Gasteiger partial charge in [-0.3, -0.25) is 4.79 Å². The number of carbonyl (C=O) groups excluding carboxylic acids is 2. The zero-order valence-corrected chi connectivity index (χ0v) is 25.1. The Morgan fingerprint density at radius 1 is 0.756 bits per heavy atom. The lowest BCUT2D eigenvalue weighted by molar-refractivity contribution is -0.141. The van der Waals surface area contributed by atoms with Gasteiger partial charge in [0.15, 0.2) is 5.78 Å². The molecule has 1 heterocycles. The predicted molar refractivity (Wildman–Crippen MR) is 180 cm³/mol. The number of hydrogen-bond donors (Lipinski definition) is 1. The van der Waals surface area contributed by atoms with E-state index in [1.165, 1.54) is 23.8 Å². The average Bonchev–Trinajstić information content (AvgIpc) is 3.25. The SMILES string of the molecule is COC(=O)[C@H](Cc1ccc(OCCN2C=Cc3ccccc3-c3ccccc32)cc1)Nc1ccccc1C(=O)c1ccccc1. The van der Waals surface area contributed by atoms with Crippen LogP contribution in [0.25, 0.3) is 17.2 Å². The Morgan fingerprint density at radius 2 is 1.44 bits per heavy atom. The highest BCUT2D eigenvalue weighted by Gasteiger charge is 2.23. The van der Waals surface area contributed by atoms with E-state index >= 15 is 0 Å². The number of carbonyl (C=O) groups is 2. The maximum absolute atomic E-state index is 13.2. The van der Waals surface area contributed by atoms with Gasteiger partial charge < -0.3 is 19.7 Å². The fourth-order valence-corrected chi connectivity index (χ4v) is 5.58. The lowest BCUT2D eigenvalue weighted by Gasteiger charge is -2.22. The third-order valence-corrected chi connectivity index (χ3v) is 7.89. The van der Waals surface area contributed by atoms with Crippen molar-refractivity contribution in [2.45, 2.75) is 12.5 Å². The Bertz CT molecular complexity index is 1820. The van der Waals surface area contributed by atoms with E-state index in [4.69, 9.17) is 9.47 Å². The molecule has 0 aliphatic carbocycles. The van der Waals surface area contributed by atoms with Crippen LogP contribution in [0.15, 0.2) is 134 Å². The number of esters is 1. The van der Waals surface area contributed by atoms with Gasteiger partial charge in [-0.05, 0) is 53.1 Å². The number of hydrogen-bond acceptors (Lipinski definition) is 6. The van der Waals surface area contributed by atoms with Gasteiger partial charge in [-0.2, -0.15) is 0 Å².